The second-order valence-electron chi connectivity index (χ2n) is 7.60. The van der Waals surface area contributed by atoms with E-state index >= 15 is 0 Å². The summed E-state index contributed by atoms with van der Waals surface area (Å²) in [5.41, 5.74) is 3.96. The third-order valence-electron chi connectivity index (χ3n) is 5.56. The van der Waals surface area contributed by atoms with Gasteiger partial charge in [0.2, 0.25) is 0 Å². The molecule has 1 nitrogen and oxygen atoms in total. The van der Waals surface area contributed by atoms with E-state index in [0.29, 0.717) is 0 Å². The van der Waals surface area contributed by atoms with Crippen molar-refractivity contribution < 1.29 is 4.74 Å². The Morgan fingerprint density at radius 1 is 0.867 bits per heavy atom. The molecule has 0 N–H and O–H groups in total. The third-order valence-corrected chi connectivity index (χ3v) is 5.56. The van der Waals surface area contributed by atoms with E-state index in [9.17, 15) is 0 Å². The second kappa shape index (κ2) is 11.2. The first kappa shape index (κ1) is 22.4. The van der Waals surface area contributed by atoms with Gasteiger partial charge in [-0.3, -0.25) is 0 Å². The molecule has 0 aliphatic carbocycles. The van der Waals surface area contributed by atoms with E-state index in [1.807, 2.05) is 0 Å². The molecule has 3 aromatic rings. The Labute approximate surface area is 190 Å². The zero-order valence-electron chi connectivity index (χ0n) is 18.1. The van der Waals surface area contributed by atoms with E-state index < -0.39 is 5.60 Å². The van der Waals surface area contributed by atoms with Crippen LogP contribution < -0.4 is 0 Å². The van der Waals surface area contributed by atoms with Gasteiger partial charge >= 0.3 is 191 Å². The van der Waals surface area contributed by atoms with E-state index in [-0.39, 0.29) is 6.10 Å². The van der Waals surface area contributed by atoms with E-state index in [1.165, 1.54) is 5.57 Å². The summed E-state index contributed by atoms with van der Waals surface area (Å²) in [5, 5.41) is 0. The zero-order chi connectivity index (χ0) is 21.2. The summed E-state index contributed by atoms with van der Waals surface area (Å²) in [7, 11) is 0. The van der Waals surface area contributed by atoms with Crippen LogP contribution in [0.2, 0.25) is 0 Å². The Hall–Kier alpha value is -2.30. The molecule has 0 bridgehead atoms. The standard InChI is InChI=1S/C28H29O.Li/c1-4-23(3)21-22-27(5-2)29-28(24-15-9-6-10-16-24,25-17-11-7-12-18-25)26-19-13-8-14-20-26;/h2,5-20,27H,3-4,21-22H2,1H3;. The third kappa shape index (κ3) is 5.24. The zero-order valence-corrected chi connectivity index (χ0v) is 18.1. The normalized spacial score (nSPS) is 12.8. The van der Waals surface area contributed by atoms with Crippen LogP contribution in [0.25, 0.3) is 0 Å². The van der Waals surface area contributed by atoms with Crippen LogP contribution in [0.5, 0.6) is 0 Å². The first-order chi connectivity index (χ1) is 14.7. The average molecular weight is 388 g/mol. The van der Waals surface area contributed by atoms with Crippen LogP contribution in [0.15, 0.2) is 114 Å². The molecule has 3 aromatic carbocycles. The summed E-state index contributed by atoms with van der Waals surface area (Å²) in [5.74, 6) is 0. The van der Waals surface area contributed by atoms with Crippen molar-refractivity contribution in [1.29, 1.82) is 0 Å². The van der Waals surface area contributed by atoms with Crippen LogP contribution in [0.4, 0.5) is 0 Å². The molecule has 0 fully saturated rings. The summed E-state index contributed by atoms with van der Waals surface area (Å²) < 4.78 is 9.19. The Bertz CT molecular complexity index is 835. The van der Waals surface area contributed by atoms with Crippen LogP contribution >= 0.6 is 0 Å². The maximum absolute atomic E-state index is 7.10. The molecule has 0 aromatic heterocycles. The number of hydrogen-bond acceptors (Lipinski definition) is 1. The number of allylic oxidation sites excluding steroid dienone is 1. The van der Waals surface area contributed by atoms with Crippen molar-refractivity contribution >= 4 is 17.7 Å². The molecule has 2 heteroatoms. The molecule has 0 amide bonds. The van der Waals surface area contributed by atoms with Crippen molar-refractivity contribution in [3.05, 3.63) is 131 Å². The van der Waals surface area contributed by atoms with Gasteiger partial charge in [0.05, 0.1) is 0 Å². The average Bonchev–Trinajstić information content (AvgIpc) is 2.82. The van der Waals surface area contributed by atoms with Gasteiger partial charge in [0.1, 0.15) is 0 Å². The van der Waals surface area contributed by atoms with Gasteiger partial charge in [-0.1, -0.05) is 0 Å². The van der Waals surface area contributed by atoms with Gasteiger partial charge < -0.3 is 0 Å². The molecule has 1 atom stereocenters. The number of benzene rings is 3. The summed E-state index contributed by atoms with van der Waals surface area (Å²) in [4.78, 5) is 0. The molecule has 148 valence electrons. The molecule has 30 heavy (non-hydrogen) atoms. The van der Waals surface area contributed by atoms with Gasteiger partial charge in [0.15, 0.2) is 0 Å². The van der Waals surface area contributed by atoms with Crippen molar-refractivity contribution in [3.63, 3.8) is 0 Å². The monoisotopic (exact) mass is 388 g/mol. The summed E-state index contributed by atoms with van der Waals surface area (Å²) in [6.45, 7) is 6.36. The second-order valence-corrected chi connectivity index (χ2v) is 7.60. The number of ether oxygens (including phenoxy) is 1. The molecular formula is C28H29LiO. The maximum atomic E-state index is 7.10. The van der Waals surface area contributed by atoms with Crippen LogP contribution in [0.3, 0.4) is 0 Å². The Morgan fingerprint density at radius 2 is 1.30 bits per heavy atom. The van der Waals surface area contributed by atoms with Gasteiger partial charge in [-0.15, -0.1) is 0 Å². The minimum atomic E-state index is -0.693. The van der Waals surface area contributed by atoms with Gasteiger partial charge in [0, 0.05) is 0 Å². The van der Waals surface area contributed by atoms with Crippen LogP contribution in [-0.2, 0) is 10.3 Å². The first-order valence-electron chi connectivity index (χ1n) is 10.8. The number of hydrogen-bond donors (Lipinski definition) is 0. The first-order valence-corrected chi connectivity index (χ1v) is 10.8. The molecule has 3 rings (SSSR count). The van der Waals surface area contributed by atoms with Gasteiger partial charge in [-0.2, -0.15) is 0 Å². The molecule has 0 spiro atoms. The SMILES string of the molecule is [Li][CH]=CC(CCC(=C)CC)OC(c1ccccc1)(c1ccccc1)c1ccccc1. The fourth-order valence-electron chi connectivity index (χ4n) is 3.88. The van der Waals surface area contributed by atoms with Crippen molar-refractivity contribution in [2.75, 3.05) is 0 Å². The minimum absolute atomic E-state index is 0.0288. The van der Waals surface area contributed by atoms with Crippen LogP contribution in [0.1, 0.15) is 42.9 Å². The molecule has 0 aliphatic heterocycles. The van der Waals surface area contributed by atoms with Crippen molar-refractivity contribution in [3.8, 4) is 0 Å². The Morgan fingerprint density at radius 3 is 1.67 bits per heavy atom. The molecule has 0 heterocycles. The van der Waals surface area contributed by atoms with Crippen LogP contribution in [-0.4, -0.2) is 23.8 Å². The molecule has 1 unspecified atom stereocenters. The predicted octanol–water partition coefficient (Wildman–Crippen LogP) is 6.79. The van der Waals surface area contributed by atoms with Crippen molar-refractivity contribution in [1.82, 2.24) is 0 Å². The quantitative estimate of drug-likeness (QED) is 0.211. The molecule has 0 aliphatic rings. The van der Waals surface area contributed by atoms with E-state index in [4.69, 9.17) is 4.74 Å². The fourth-order valence-corrected chi connectivity index (χ4v) is 3.88. The topological polar surface area (TPSA) is 9.23 Å². The predicted molar refractivity (Wildman–Crippen MR) is 128 cm³/mol. The molecule has 0 saturated carbocycles. The fraction of sp³-hybridized carbons (Fsp3) is 0.214. The van der Waals surface area contributed by atoms with Gasteiger partial charge in [0.25, 0.3) is 0 Å². The summed E-state index contributed by atoms with van der Waals surface area (Å²) in [6, 6.07) is 31.7. The van der Waals surface area contributed by atoms with Gasteiger partial charge in [-0.25, -0.2) is 0 Å². The van der Waals surface area contributed by atoms with E-state index in [0.717, 1.165) is 36.0 Å². The number of rotatable bonds is 10. The molecule has 0 saturated heterocycles. The van der Waals surface area contributed by atoms with Crippen molar-refractivity contribution in [2.24, 2.45) is 0 Å². The summed E-state index contributed by atoms with van der Waals surface area (Å²) in [6.07, 6.45) is 5.01. The Balaban J connectivity index is 2.16. The van der Waals surface area contributed by atoms with E-state index in [1.54, 1.807) is 0 Å². The summed E-state index contributed by atoms with van der Waals surface area (Å²) >= 11 is 2.06. The van der Waals surface area contributed by atoms with E-state index in [2.05, 4.69) is 133 Å². The molecular weight excluding hydrogens is 359 g/mol. The Kier molecular flexibility index (Phi) is 8.35. The van der Waals surface area contributed by atoms with Crippen molar-refractivity contribution in [2.45, 2.75) is 37.9 Å². The van der Waals surface area contributed by atoms with Gasteiger partial charge in [-0.05, 0) is 0 Å². The molecule has 0 radical (unpaired) electrons. The van der Waals surface area contributed by atoms with Crippen LogP contribution in [0, 0.1) is 0 Å².